The number of alkyl halides is 4. The Morgan fingerprint density at radius 3 is 2.35 bits per heavy atom. The highest BCUT2D eigenvalue weighted by Gasteiger charge is 2.67. The first kappa shape index (κ1) is 41.0. The van der Waals surface area contributed by atoms with Gasteiger partial charge in [-0.3, -0.25) is 28.2 Å². The molecule has 13 nitrogen and oxygen atoms in total. The first-order chi connectivity index (χ1) is 29.3. The third-order valence-electron chi connectivity index (χ3n) is 10.8. The van der Waals surface area contributed by atoms with Crippen LogP contribution in [0.25, 0.3) is 38.9 Å². The molecule has 62 heavy (non-hydrogen) atoms. The summed E-state index contributed by atoms with van der Waals surface area (Å²) in [5.41, 5.74) is -2.43. The second-order valence-electron chi connectivity index (χ2n) is 15.1. The van der Waals surface area contributed by atoms with Crippen LogP contribution in [0.4, 0.5) is 36.6 Å². The third kappa shape index (κ3) is 7.11. The molecule has 2 N–H and O–H groups in total. The number of sulfonamides is 1. The second kappa shape index (κ2) is 14.6. The van der Waals surface area contributed by atoms with E-state index in [1.54, 1.807) is 0 Å². The van der Waals surface area contributed by atoms with Gasteiger partial charge in [0.2, 0.25) is 15.9 Å². The molecule has 3 atom stereocenters. The van der Waals surface area contributed by atoms with Crippen molar-refractivity contribution in [2.24, 2.45) is 13.0 Å². The molecule has 0 saturated heterocycles. The van der Waals surface area contributed by atoms with E-state index in [0.717, 1.165) is 23.0 Å². The highest BCUT2D eigenvalue weighted by molar-refractivity contribution is 7.92. The Bertz CT molecular complexity index is 3170. The van der Waals surface area contributed by atoms with Gasteiger partial charge in [0.05, 0.1) is 45.0 Å². The van der Waals surface area contributed by atoms with Gasteiger partial charge < -0.3 is 5.32 Å². The zero-order valence-corrected chi connectivity index (χ0v) is 33.5. The number of fused-ring (bicyclic) bond motifs is 5. The van der Waals surface area contributed by atoms with Gasteiger partial charge in [0.25, 0.3) is 17.9 Å². The Morgan fingerprint density at radius 1 is 0.968 bits per heavy atom. The topological polar surface area (TPSA) is 159 Å². The molecule has 4 heterocycles. The summed E-state index contributed by atoms with van der Waals surface area (Å²) in [6.45, 7) is -1.02. The van der Waals surface area contributed by atoms with Gasteiger partial charge in [-0.15, -0.1) is 0 Å². The fourth-order valence-electron chi connectivity index (χ4n) is 8.24. The van der Waals surface area contributed by atoms with Crippen molar-refractivity contribution in [1.82, 2.24) is 39.4 Å². The summed E-state index contributed by atoms with van der Waals surface area (Å²) in [6.07, 6.45) is -2.88. The number of anilines is 1. The molecule has 2 aliphatic rings. The number of carbonyl (C=O) groups excluding carboxylic acids is 1. The van der Waals surface area contributed by atoms with Crippen molar-refractivity contribution in [3.05, 3.63) is 128 Å². The number of nitrogens with zero attached hydrogens (tertiary/aromatic N) is 7. The quantitative estimate of drug-likeness (QED) is 0.129. The van der Waals surface area contributed by atoms with E-state index in [9.17, 15) is 40.0 Å². The van der Waals surface area contributed by atoms with Crippen molar-refractivity contribution in [2.45, 2.75) is 43.7 Å². The molecule has 2 unspecified atom stereocenters. The molecule has 1 fully saturated rings. The molecule has 4 aromatic heterocycles. The minimum absolute atomic E-state index is 0.00130. The first-order valence-corrected chi connectivity index (χ1v) is 20.9. The number of nitrogens with one attached hydrogen (secondary N) is 2. The summed E-state index contributed by atoms with van der Waals surface area (Å²) in [5.74, 6) is -9.84. The van der Waals surface area contributed by atoms with Crippen LogP contribution in [0.3, 0.4) is 0 Å². The average Bonchev–Trinajstić information content (AvgIpc) is 3.73. The van der Waals surface area contributed by atoms with E-state index in [2.05, 4.69) is 25.2 Å². The van der Waals surface area contributed by atoms with Gasteiger partial charge in [0.15, 0.2) is 11.5 Å². The van der Waals surface area contributed by atoms with Crippen LogP contribution < -0.4 is 15.6 Å². The molecule has 0 radical (unpaired) electrons. The van der Waals surface area contributed by atoms with Crippen LogP contribution in [0, 0.1) is 23.4 Å². The van der Waals surface area contributed by atoms with Crippen molar-refractivity contribution in [3.63, 3.8) is 0 Å². The molecule has 0 bridgehead atoms. The van der Waals surface area contributed by atoms with Crippen molar-refractivity contribution in [1.29, 1.82) is 0 Å². The molecule has 2 aliphatic carbocycles. The maximum atomic E-state index is 15.5. The van der Waals surface area contributed by atoms with Crippen molar-refractivity contribution in [3.8, 4) is 16.9 Å². The second-order valence-corrected chi connectivity index (χ2v) is 17.3. The summed E-state index contributed by atoms with van der Waals surface area (Å²) in [7, 11) is -2.51. The predicted octanol–water partition coefficient (Wildman–Crippen LogP) is 7.22. The molecule has 0 aliphatic heterocycles. The lowest BCUT2D eigenvalue weighted by Crippen LogP contribution is -2.38. The van der Waals surface area contributed by atoms with Crippen LogP contribution in [0.1, 0.15) is 53.1 Å². The van der Waals surface area contributed by atoms with Crippen molar-refractivity contribution >= 4 is 55.3 Å². The van der Waals surface area contributed by atoms with Gasteiger partial charge in [0, 0.05) is 36.6 Å². The number of aryl methyl sites for hydroxylation is 1. The summed E-state index contributed by atoms with van der Waals surface area (Å²) in [5, 5.41) is 10.5. The molecule has 1 amide bonds. The molecule has 1 saturated carbocycles. The number of rotatable bonds is 11. The van der Waals surface area contributed by atoms with Crippen molar-refractivity contribution < 1.29 is 43.9 Å². The van der Waals surface area contributed by atoms with E-state index in [1.165, 1.54) is 60.3 Å². The monoisotopic (exact) mass is 899 g/mol. The fraction of sp³-hybridized carbons (Fsp3) is 0.250. The maximum Gasteiger partial charge on any atom is 0.293 e. The Labute approximate surface area is 350 Å². The summed E-state index contributed by atoms with van der Waals surface area (Å²) >= 11 is 6.60. The number of hydrogen-bond acceptors (Lipinski definition) is 8. The zero-order valence-electron chi connectivity index (χ0n) is 32.0. The van der Waals surface area contributed by atoms with Crippen LogP contribution in [0.2, 0.25) is 5.02 Å². The van der Waals surface area contributed by atoms with Crippen LogP contribution in [0.5, 0.6) is 0 Å². The van der Waals surface area contributed by atoms with Gasteiger partial charge in [-0.05, 0) is 78.6 Å². The van der Waals surface area contributed by atoms with Crippen molar-refractivity contribution in [2.75, 3.05) is 11.0 Å². The normalized spacial score (nSPS) is 17.1. The Morgan fingerprint density at radius 2 is 1.68 bits per heavy atom. The smallest absolute Gasteiger partial charge is 0.293 e. The summed E-state index contributed by atoms with van der Waals surface area (Å²) < 4.78 is 132. The zero-order chi connectivity index (χ0) is 44.2. The van der Waals surface area contributed by atoms with E-state index in [-0.39, 0.29) is 67.5 Å². The number of aromatic nitrogens is 7. The number of benzene rings is 3. The van der Waals surface area contributed by atoms with Crippen LogP contribution in [-0.2, 0) is 40.8 Å². The highest BCUT2D eigenvalue weighted by atomic mass is 35.5. The number of amides is 1. The largest absolute Gasteiger partial charge is 0.344 e. The molecule has 9 rings (SSSR count). The number of halogens is 8. The SMILES string of the molecule is Cn1nc(NS(C)(=O)=O)c2c(Cl)ccc(-n3c([C@H](Cc4cc(F)cc(F)c4)NC(=O)Cn4nc(C(F)F)c5c4C(F)(F)C4CC54)nc4nc(-c5ccc(F)cc5)ccc4c3=O)c21. The molecule has 0 spiro atoms. The Hall–Kier alpha value is -6.35. The first-order valence-electron chi connectivity index (χ1n) is 18.6. The van der Waals surface area contributed by atoms with Crippen LogP contribution in [0.15, 0.2) is 71.5 Å². The minimum atomic E-state index is -3.93. The Balaban J connectivity index is 1.26. The van der Waals surface area contributed by atoms with Gasteiger partial charge in [-0.1, -0.05) is 11.6 Å². The van der Waals surface area contributed by atoms with E-state index in [4.69, 9.17) is 16.6 Å². The van der Waals surface area contributed by atoms with Crippen LogP contribution in [-0.4, -0.2) is 54.7 Å². The lowest BCUT2D eigenvalue weighted by Gasteiger charge is -2.24. The molecule has 3 aromatic carbocycles. The third-order valence-corrected chi connectivity index (χ3v) is 11.7. The molecule has 7 aromatic rings. The van der Waals surface area contributed by atoms with Crippen LogP contribution >= 0.6 is 11.6 Å². The molecular weight excluding hydrogens is 871 g/mol. The van der Waals surface area contributed by atoms with E-state index >= 15 is 8.78 Å². The lowest BCUT2D eigenvalue weighted by atomic mass is 10.0. The van der Waals surface area contributed by atoms with Gasteiger partial charge in [-0.2, -0.15) is 19.0 Å². The minimum Gasteiger partial charge on any atom is -0.344 e. The molecular formula is C40H29ClF7N9O4S. The number of carbonyl (C=O) groups is 1. The number of pyridine rings is 1. The lowest BCUT2D eigenvalue weighted by molar-refractivity contribution is -0.123. The van der Waals surface area contributed by atoms with E-state index in [1.807, 2.05) is 0 Å². The standard InChI is InChI=1S/C40H29ClF7N9O4S/c1-55-33-28(10-8-25(41)31(33)37(53-55)54-62(2,60)61)57-38(51-36-22(39(57)59)7-9-26(50-36)18-3-5-19(42)6-4-18)27(13-17-11-20(43)14-21(44)12-17)49-29(58)16-56-34-30(32(52-56)35(45)46)23-15-24(23)40(34,47)48/h3-12,14,23-24,27,35H,13,15-16H2,1-2H3,(H,49,58)(H,53,54)/t23?,24?,27-/m0/s1. The van der Waals surface area contributed by atoms with E-state index in [0.29, 0.717) is 16.3 Å². The summed E-state index contributed by atoms with van der Waals surface area (Å²) in [4.78, 5) is 38.3. The summed E-state index contributed by atoms with van der Waals surface area (Å²) in [6, 6.07) is 11.7. The van der Waals surface area contributed by atoms with Gasteiger partial charge >= 0.3 is 0 Å². The maximum absolute atomic E-state index is 15.5. The predicted molar refractivity (Wildman–Crippen MR) is 211 cm³/mol. The van der Waals surface area contributed by atoms with E-state index < -0.39 is 93.5 Å². The van der Waals surface area contributed by atoms with Gasteiger partial charge in [0.1, 0.15) is 41.2 Å². The molecule has 320 valence electrons. The molecule has 22 heteroatoms. The average molecular weight is 900 g/mol. The fourth-order valence-corrected chi connectivity index (χ4v) is 8.98. The van der Waals surface area contributed by atoms with Gasteiger partial charge in [-0.25, -0.2) is 40.3 Å². The number of hydrogen-bond donors (Lipinski definition) is 2. The Kier molecular flexibility index (Phi) is 9.69. The highest BCUT2D eigenvalue weighted by Crippen LogP contribution is 2.68.